The maximum Gasteiger partial charge on any atom is 0.232 e. The first-order valence-corrected chi connectivity index (χ1v) is 8.84. The summed E-state index contributed by atoms with van der Waals surface area (Å²) in [6.07, 6.45) is 1.63. The Morgan fingerprint density at radius 1 is 0.963 bits per heavy atom. The number of benzene rings is 2. The first kappa shape index (κ1) is 17.2. The molecule has 0 radical (unpaired) electrons. The third-order valence-corrected chi connectivity index (χ3v) is 4.59. The Balaban J connectivity index is 1.56. The summed E-state index contributed by atoms with van der Waals surface area (Å²) in [6, 6.07) is 15.4. The molecule has 136 valence electrons. The number of hydrogen-bond acceptors (Lipinski definition) is 4. The molecule has 0 spiro atoms. The van der Waals surface area contributed by atoms with Crippen molar-refractivity contribution in [2.75, 3.05) is 0 Å². The number of ketones is 1. The van der Waals surface area contributed by atoms with Gasteiger partial charge in [0.05, 0.1) is 5.56 Å². The largest absolute Gasteiger partial charge is 0.488 e. The fourth-order valence-corrected chi connectivity index (χ4v) is 3.03. The SMILES string of the molecule is Cc1ccc(COc2ccc3c(c2C)O/C(=C\c2ccc(C)o2)C3=O)cc1. The molecule has 0 atom stereocenters. The number of fused-ring (bicyclic) bond motifs is 1. The van der Waals surface area contributed by atoms with Gasteiger partial charge in [0.2, 0.25) is 5.78 Å². The number of carbonyl (C=O) groups excluding carboxylic acids is 1. The first-order chi connectivity index (χ1) is 13.0. The van der Waals surface area contributed by atoms with Crippen LogP contribution in [0.2, 0.25) is 0 Å². The van der Waals surface area contributed by atoms with Gasteiger partial charge in [0.25, 0.3) is 0 Å². The average Bonchev–Trinajstić information content (AvgIpc) is 3.20. The second-order valence-corrected chi connectivity index (χ2v) is 6.73. The average molecular weight is 360 g/mol. The summed E-state index contributed by atoms with van der Waals surface area (Å²) in [5.41, 5.74) is 3.66. The van der Waals surface area contributed by atoms with Crippen LogP contribution in [0.4, 0.5) is 0 Å². The van der Waals surface area contributed by atoms with Crippen molar-refractivity contribution in [3.8, 4) is 11.5 Å². The van der Waals surface area contributed by atoms with Crippen molar-refractivity contribution in [2.24, 2.45) is 0 Å². The quantitative estimate of drug-likeness (QED) is 0.585. The number of carbonyl (C=O) groups is 1. The molecule has 4 nitrogen and oxygen atoms in total. The fraction of sp³-hybridized carbons (Fsp3) is 0.174. The van der Waals surface area contributed by atoms with Gasteiger partial charge < -0.3 is 13.9 Å². The molecule has 0 unspecified atom stereocenters. The molecule has 1 aromatic heterocycles. The van der Waals surface area contributed by atoms with Gasteiger partial charge in [-0.3, -0.25) is 4.79 Å². The van der Waals surface area contributed by atoms with Gasteiger partial charge in [0, 0.05) is 11.6 Å². The van der Waals surface area contributed by atoms with Crippen LogP contribution in [0.5, 0.6) is 11.5 Å². The van der Waals surface area contributed by atoms with E-state index in [1.54, 1.807) is 12.1 Å². The second-order valence-electron chi connectivity index (χ2n) is 6.73. The van der Waals surface area contributed by atoms with Crippen LogP contribution in [0.1, 0.15) is 38.6 Å². The van der Waals surface area contributed by atoms with Crippen LogP contribution in [-0.4, -0.2) is 5.78 Å². The van der Waals surface area contributed by atoms with E-state index in [1.807, 2.05) is 44.2 Å². The normalized spacial score (nSPS) is 14.3. The summed E-state index contributed by atoms with van der Waals surface area (Å²) in [6.45, 7) is 6.27. The van der Waals surface area contributed by atoms with Gasteiger partial charge in [-0.05, 0) is 50.6 Å². The Hall–Kier alpha value is -3.27. The van der Waals surface area contributed by atoms with Crippen LogP contribution in [0.25, 0.3) is 6.08 Å². The third kappa shape index (κ3) is 3.38. The van der Waals surface area contributed by atoms with E-state index < -0.39 is 0 Å². The van der Waals surface area contributed by atoms with E-state index in [9.17, 15) is 4.79 Å². The number of ether oxygens (including phenoxy) is 2. The van der Waals surface area contributed by atoms with Crippen molar-refractivity contribution in [2.45, 2.75) is 27.4 Å². The molecule has 4 rings (SSSR count). The lowest BCUT2D eigenvalue weighted by Gasteiger charge is -2.11. The zero-order valence-corrected chi connectivity index (χ0v) is 15.5. The summed E-state index contributed by atoms with van der Waals surface area (Å²) in [5, 5.41) is 0. The van der Waals surface area contributed by atoms with E-state index in [0.717, 1.165) is 16.9 Å². The number of rotatable bonds is 4. The molecule has 0 amide bonds. The lowest BCUT2D eigenvalue weighted by Crippen LogP contribution is -1.98. The van der Waals surface area contributed by atoms with Gasteiger partial charge in [0.15, 0.2) is 5.76 Å². The number of furan rings is 1. The maximum atomic E-state index is 12.6. The van der Waals surface area contributed by atoms with Crippen molar-refractivity contribution in [1.29, 1.82) is 0 Å². The molecular formula is C23H20O4. The van der Waals surface area contributed by atoms with Crippen LogP contribution in [-0.2, 0) is 6.61 Å². The minimum Gasteiger partial charge on any atom is -0.488 e. The molecule has 27 heavy (non-hydrogen) atoms. The van der Waals surface area contributed by atoms with E-state index >= 15 is 0 Å². The lowest BCUT2D eigenvalue weighted by molar-refractivity contribution is 0.101. The van der Waals surface area contributed by atoms with E-state index in [4.69, 9.17) is 13.9 Å². The zero-order chi connectivity index (χ0) is 19.0. The molecule has 1 aliphatic heterocycles. The van der Waals surface area contributed by atoms with Crippen LogP contribution in [0.3, 0.4) is 0 Å². The molecule has 1 aliphatic rings. The Bertz CT molecular complexity index is 1040. The van der Waals surface area contributed by atoms with Crippen LogP contribution in [0, 0.1) is 20.8 Å². The molecule has 0 saturated carbocycles. The summed E-state index contributed by atoms with van der Waals surface area (Å²) in [4.78, 5) is 12.6. The van der Waals surface area contributed by atoms with Crippen molar-refractivity contribution >= 4 is 11.9 Å². The van der Waals surface area contributed by atoms with Gasteiger partial charge in [-0.15, -0.1) is 0 Å². The molecule has 4 heteroatoms. The molecule has 0 N–H and O–H groups in total. The van der Waals surface area contributed by atoms with Gasteiger partial charge in [-0.2, -0.15) is 0 Å². The van der Waals surface area contributed by atoms with Gasteiger partial charge in [-0.1, -0.05) is 29.8 Å². The maximum absolute atomic E-state index is 12.6. The molecule has 3 aromatic rings. The molecule has 0 aliphatic carbocycles. The number of hydrogen-bond donors (Lipinski definition) is 0. The van der Waals surface area contributed by atoms with E-state index in [1.165, 1.54) is 5.56 Å². The predicted octanol–water partition coefficient (Wildman–Crippen LogP) is 5.40. The highest BCUT2D eigenvalue weighted by molar-refractivity contribution is 6.14. The standard InChI is InChI=1S/C23H20O4/c1-14-4-7-17(8-5-14)13-25-20-11-10-19-22(24)21(27-23(19)16(20)3)12-18-9-6-15(2)26-18/h4-12H,13H2,1-3H3/b21-12-. The topological polar surface area (TPSA) is 48.7 Å². The van der Waals surface area contributed by atoms with Gasteiger partial charge in [-0.25, -0.2) is 0 Å². The smallest absolute Gasteiger partial charge is 0.232 e. The van der Waals surface area contributed by atoms with Crippen LogP contribution < -0.4 is 9.47 Å². The third-order valence-electron chi connectivity index (χ3n) is 4.59. The summed E-state index contributed by atoms with van der Waals surface area (Å²) in [7, 11) is 0. The molecule has 0 fully saturated rings. The highest BCUT2D eigenvalue weighted by Gasteiger charge is 2.30. The van der Waals surface area contributed by atoms with Gasteiger partial charge in [0.1, 0.15) is 29.6 Å². The summed E-state index contributed by atoms with van der Waals surface area (Å²) < 4.78 is 17.3. The number of Topliss-reactive ketones (excluding diaryl/α,β-unsaturated/α-hetero) is 1. The van der Waals surface area contributed by atoms with Crippen molar-refractivity contribution in [1.82, 2.24) is 0 Å². The Labute approximate surface area is 158 Å². The van der Waals surface area contributed by atoms with Crippen molar-refractivity contribution < 1.29 is 18.7 Å². The summed E-state index contributed by atoms with van der Waals surface area (Å²) >= 11 is 0. The van der Waals surface area contributed by atoms with E-state index in [0.29, 0.717) is 29.4 Å². The molecular weight excluding hydrogens is 340 g/mol. The predicted molar refractivity (Wildman–Crippen MR) is 103 cm³/mol. The van der Waals surface area contributed by atoms with E-state index in [-0.39, 0.29) is 11.5 Å². The minimum absolute atomic E-state index is 0.146. The van der Waals surface area contributed by atoms with Crippen LogP contribution >= 0.6 is 0 Å². The molecule has 0 bridgehead atoms. The van der Waals surface area contributed by atoms with Crippen molar-refractivity contribution in [3.05, 3.63) is 88.1 Å². The van der Waals surface area contributed by atoms with E-state index in [2.05, 4.69) is 19.1 Å². The second kappa shape index (κ2) is 6.80. The van der Waals surface area contributed by atoms with Crippen LogP contribution in [0.15, 0.2) is 58.7 Å². The Morgan fingerprint density at radius 2 is 1.74 bits per heavy atom. The summed E-state index contributed by atoms with van der Waals surface area (Å²) in [5.74, 6) is 2.75. The minimum atomic E-state index is -0.146. The fourth-order valence-electron chi connectivity index (χ4n) is 3.03. The monoisotopic (exact) mass is 360 g/mol. The Morgan fingerprint density at radius 3 is 2.44 bits per heavy atom. The molecule has 0 saturated heterocycles. The number of allylic oxidation sites excluding steroid dienone is 1. The first-order valence-electron chi connectivity index (χ1n) is 8.84. The highest BCUT2D eigenvalue weighted by atomic mass is 16.5. The highest BCUT2D eigenvalue weighted by Crippen LogP contribution is 2.39. The molecule has 2 aromatic carbocycles. The number of aryl methyl sites for hydroxylation is 2. The molecule has 2 heterocycles. The van der Waals surface area contributed by atoms with Crippen molar-refractivity contribution in [3.63, 3.8) is 0 Å². The zero-order valence-electron chi connectivity index (χ0n) is 15.5. The van der Waals surface area contributed by atoms with Gasteiger partial charge >= 0.3 is 0 Å². The lowest BCUT2D eigenvalue weighted by atomic mass is 10.1. The Kier molecular flexibility index (Phi) is 4.32.